The second kappa shape index (κ2) is 7.40. The summed E-state index contributed by atoms with van der Waals surface area (Å²) in [4.78, 5) is 12.2. The van der Waals surface area contributed by atoms with Crippen LogP contribution in [0, 0.1) is 11.3 Å². The zero-order chi connectivity index (χ0) is 19.7. The third-order valence-electron chi connectivity index (χ3n) is 5.21. The molecule has 0 spiro atoms. The number of hydrogen-bond donors (Lipinski definition) is 0. The summed E-state index contributed by atoms with van der Waals surface area (Å²) in [7, 11) is 0. The van der Waals surface area contributed by atoms with E-state index in [-0.39, 0.29) is 18.0 Å². The Bertz CT molecular complexity index is 888. The number of benzene rings is 1. The van der Waals surface area contributed by atoms with Crippen molar-refractivity contribution in [3.63, 3.8) is 0 Å². The van der Waals surface area contributed by atoms with Gasteiger partial charge in [-0.15, -0.1) is 0 Å². The van der Waals surface area contributed by atoms with E-state index in [4.69, 9.17) is 5.26 Å². The van der Waals surface area contributed by atoms with Gasteiger partial charge in [0.25, 0.3) is 0 Å². The van der Waals surface area contributed by atoms with Gasteiger partial charge in [-0.25, -0.2) is 9.97 Å². The van der Waals surface area contributed by atoms with Gasteiger partial charge in [0, 0.05) is 37.9 Å². The van der Waals surface area contributed by atoms with E-state index in [0.717, 1.165) is 44.0 Å². The minimum absolute atomic E-state index is 0.0927. The normalized spacial score (nSPS) is 20.1. The largest absolute Gasteiger partial charge is 0.433 e. The molecule has 1 atom stereocenters. The van der Waals surface area contributed by atoms with Crippen LogP contribution in [0.5, 0.6) is 0 Å². The molecule has 0 N–H and O–H groups in total. The Balaban J connectivity index is 1.49. The van der Waals surface area contributed by atoms with Crippen molar-refractivity contribution in [2.24, 2.45) is 0 Å². The quantitative estimate of drug-likeness (QED) is 0.785. The zero-order valence-corrected chi connectivity index (χ0v) is 15.2. The molecule has 2 heterocycles. The Morgan fingerprint density at radius 1 is 1.18 bits per heavy atom. The van der Waals surface area contributed by atoms with Gasteiger partial charge in [0.15, 0.2) is 0 Å². The Kier molecular flexibility index (Phi) is 4.94. The fourth-order valence-electron chi connectivity index (χ4n) is 3.79. The topological polar surface area (TPSA) is 56.1 Å². The first-order valence-corrected chi connectivity index (χ1v) is 9.34. The maximum Gasteiger partial charge on any atom is 0.433 e. The predicted molar refractivity (Wildman–Crippen MR) is 97.4 cm³/mol. The van der Waals surface area contributed by atoms with Crippen LogP contribution >= 0.6 is 0 Å². The summed E-state index contributed by atoms with van der Waals surface area (Å²) in [6, 6.07) is 10.9. The minimum Gasteiger partial charge on any atom is -0.334 e. The first-order chi connectivity index (χ1) is 13.4. The summed E-state index contributed by atoms with van der Waals surface area (Å²) < 4.78 is 39.2. The van der Waals surface area contributed by atoms with Gasteiger partial charge in [0.2, 0.25) is 5.95 Å². The summed E-state index contributed by atoms with van der Waals surface area (Å²) in [5.74, 6) is 0.177. The van der Waals surface area contributed by atoms with Crippen LogP contribution in [-0.2, 0) is 12.7 Å². The van der Waals surface area contributed by atoms with E-state index in [2.05, 4.69) is 20.9 Å². The van der Waals surface area contributed by atoms with Gasteiger partial charge in [0.1, 0.15) is 5.69 Å². The van der Waals surface area contributed by atoms with Gasteiger partial charge < -0.3 is 4.90 Å². The van der Waals surface area contributed by atoms with Crippen molar-refractivity contribution < 1.29 is 13.2 Å². The Morgan fingerprint density at radius 3 is 2.71 bits per heavy atom. The monoisotopic (exact) mass is 387 g/mol. The summed E-state index contributed by atoms with van der Waals surface area (Å²) in [6.45, 7) is 2.31. The van der Waals surface area contributed by atoms with Gasteiger partial charge in [0.05, 0.1) is 11.6 Å². The summed E-state index contributed by atoms with van der Waals surface area (Å²) in [6.07, 6.45) is -0.504. The molecule has 0 amide bonds. The number of aromatic nitrogens is 2. The lowest BCUT2D eigenvalue weighted by Gasteiger charge is -2.29. The fraction of sp³-hybridized carbons (Fsp3) is 0.450. The second-order valence-corrected chi connectivity index (χ2v) is 7.37. The maximum atomic E-state index is 13.1. The third kappa shape index (κ3) is 4.09. The molecule has 0 bridgehead atoms. The highest BCUT2D eigenvalue weighted by molar-refractivity contribution is 5.38. The number of hydrogen-bond acceptors (Lipinski definition) is 5. The Labute approximate surface area is 161 Å². The molecule has 2 aromatic rings. The molecule has 1 saturated heterocycles. The average Bonchev–Trinajstić information content (AvgIpc) is 3.41. The van der Waals surface area contributed by atoms with E-state index < -0.39 is 11.9 Å². The Hall–Kier alpha value is -2.66. The molecule has 1 aromatic heterocycles. The smallest absolute Gasteiger partial charge is 0.334 e. The molecular weight excluding hydrogens is 367 g/mol. The average molecular weight is 387 g/mol. The third-order valence-corrected chi connectivity index (χ3v) is 5.21. The molecule has 28 heavy (non-hydrogen) atoms. The molecule has 2 aliphatic rings. The van der Waals surface area contributed by atoms with Gasteiger partial charge >= 0.3 is 6.18 Å². The van der Waals surface area contributed by atoms with Crippen LogP contribution in [0.4, 0.5) is 19.1 Å². The molecule has 4 rings (SSSR count). The van der Waals surface area contributed by atoms with E-state index in [1.807, 2.05) is 23.1 Å². The predicted octanol–water partition coefficient (Wildman–Crippen LogP) is 3.61. The van der Waals surface area contributed by atoms with Gasteiger partial charge in [-0.2, -0.15) is 18.4 Å². The SMILES string of the molecule is N#Cc1cccc(CN2CCC(N(c3nccc(C(F)(F)F)n3)C3CC3)C2)c1. The molecule has 2 fully saturated rings. The van der Waals surface area contributed by atoms with Crippen LogP contribution in [0.15, 0.2) is 36.5 Å². The lowest BCUT2D eigenvalue weighted by molar-refractivity contribution is -0.141. The van der Waals surface area contributed by atoms with Crippen LogP contribution in [-0.4, -0.2) is 40.0 Å². The Morgan fingerprint density at radius 2 is 2.00 bits per heavy atom. The fourth-order valence-corrected chi connectivity index (χ4v) is 3.79. The van der Waals surface area contributed by atoms with Crippen LogP contribution < -0.4 is 4.90 Å². The molecule has 1 aliphatic carbocycles. The van der Waals surface area contributed by atoms with E-state index in [9.17, 15) is 13.2 Å². The lowest BCUT2D eigenvalue weighted by Crippen LogP contribution is -2.40. The number of halogens is 3. The first-order valence-electron chi connectivity index (χ1n) is 9.34. The van der Waals surface area contributed by atoms with Crippen LogP contribution in [0.3, 0.4) is 0 Å². The summed E-state index contributed by atoms with van der Waals surface area (Å²) in [5.41, 5.74) is 0.796. The highest BCUT2D eigenvalue weighted by Crippen LogP contribution is 2.36. The van der Waals surface area contributed by atoms with E-state index in [0.29, 0.717) is 12.1 Å². The number of rotatable bonds is 5. The van der Waals surface area contributed by atoms with Crippen LogP contribution in [0.2, 0.25) is 0 Å². The molecule has 1 aromatic carbocycles. The van der Waals surface area contributed by atoms with Crippen molar-refractivity contribution in [2.45, 2.75) is 44.1 Å². The molecule has 1 saturated carbocycles. The number of nitrogens with zero attached hydrogens (tertiary/aromatic N) is 5. The van der Waals surface area contributed by atoms with Gasteiger partial charge in [-0.3, -0.25) is 4.90 Å². The van der Waals surface area contributed by atoms with E-state index in [1.165, 1.54) is 6.20 Å². The van der Waals surface area contributed by atoms with Crippen molar-refractivity contribution in [2.75, 3.05) is 18.0 Å². The second-order valence-electron chi connectivity index (χ2n) is 7.37. The van der Waals surface area contributed by atoms with Gasteiger partial charge in [-0.1, -0.05) is 12.1 Å². The van der Waals surface area contributed by atoms with Crippen molar-refractivity contribution in [3.8, 4) is 6.07 Å². The minimum atomic E-state index is -4.47. The summed E-state index contributed by atoms with van der Waals surface area (Å²) in [5, 5.41) is 9.05. The number of likely N-dealkylation sites (tertiary alicyclic amines) is 1. The highest BCUT2D eigenvalue weighted by Gasteiger charge is 2.40. The molecule has 1 aliphatic heterocycles. The molecule has 8 heteroatoms. The highest BCUT2D eigenvalue weighted by atomic mass is 19.4. The molecule has 1 unspecified atom stereocenters. The number of alkyl halides is 3. The van der Waals surface area contributed by atoms with Crippen LogP contribution in [0.25, 0.3) is 0 Å². The zero-order valence-electron chi connectivity index (χ0n) is 15.2. The van der Waals surface area contributed by atoms with E-state index >= 15 is 0 Å². The van der Waals surface area contributed by atoms with Crippen molar-refractivity contribution in [1.29, 1.82) is 5.26 Å². The number of nitriles is 1. The standard InChI is InChI=1S/C20H20F3N5/c21-20(22,23)18-6-8-25-19(26-18)28(16-4-5-16)17-7-9-27(13-17)12-15-3-1-2-14(10-15)11-24/h1-3,6,8,10,16-17H,4-5,7,9,12-13H2. The first kappa shape index (κ1) is 18.7. The lowest BCUT2D eigenvalue weighted by atomic mass is 10.1. The maximum absolute atomic E-state index is 13.1. The van der Waals surface area contributed by atoms with Crippen LogP contribution in [0.1, 0.15) is 36.1 Å². The molecular formula is C20H20F3N5. The molecule has 0 radical (unpaired) electrons. The molecule has 146 valence electrons. The van der Waals surface area contributed by atoms with Gasteiger partial charge in [-0.05, 0) is 43.0 Å². The van der Waals surface area contributed by atoms with E-state index in [1.54, 1.807) is 6.07 Å². The van der Waals surface area contributed by atoms with Crippen molar-refractivity contribution >= 4 is 5.95 Å². The molecule has 5 nitrogen and oxygen atoms in total. The van der Waals surface area contributed by atoms with Crippen molar-refractivity contribution in [3.05, 3.63) is 53.3 Å². The number of anilines is 1. The van der Waals surface area contributed by atoms with Crippen molar-refractivity contribution in [1.82, 2.24) is 14.9 Å². The summed E-state index contributed by atoms with van der Waals surface area (Å²) >= 11 is 0.